The van der Waals surface area contributed by atoms with Crippen LogP contribution in [0.2, 0.25) is 0 Å². The van der Waals surface area contributed by atoms with Crippen LogP contribution in [0.25, 0.3) is 0 Å². The number of allylic oxidation sites excluding steroid dienone is 2. The number of primary amides is 1. The van der Waals surface area contributed by atoms with Gasteiger partial charge in [0.1, 0.15) is 11.6 Å². The zero-order valence-corrected chi connectivity index (χ0v) is 10.9. The van der Waals surface area contributed by atoms with Crippen LogP contribution in [-0.4, -0.2) is 24.0 Å². The maximum absolute atomic E-state index is 13.7. The smallest absolute Gasteiger partial charge is 0.233 e. The fourth-order valence-corrected chi connectivity index (χ4v) is 1.85. The quantitative estimate of drug-likeness (QED) is 0.582. The van der Waals surface area contributed by atoms with Gasteiger partial charge in [0.25, 0.3) is 0 Å². The van der Waals surface area contributed by atoms with Crippen LogP contribution in [0.4, 0.5) is 4.39 Å². The lowest BCUT2D eigenvalue weighted by atomic mass is 9.86. The predicted molar refractivity (Wildman–Crippen MR) is 67.3 cm³/mol. The van der Waals surface area contributed by atoms with Crippen molar-refractivity contribution >= 4 is 11.8 Å². The highest BCUT2D eigenvalue weighted by Gasteiger charge is 2.40. The highest BCUT2D eigenvalue weighted by molar-refractivity contribution is 6.01. The maximum Gasteiger partial charge on any atom is 0.233 e. The van der Waals surface area contributed by atoms with E-state index in [4.69, 9.17) is 5.73 Å². The van der Waals surface area contributed by atoms with Crippen LogP contribution >= 0.6 is 0 Å². The summed E-state index contributed by atoms with van der Waals surface area (Å²) in [6.07, 6.45) is 1.58. The third-order valence-corrected chi connectivity index (χ3v) is 3.30. The Bertz CT molecular complexity index is 421. The van der Waals surface area contributed by atoms with Gasteiger partial charge >= 0.3 is 0 Å². The van der Waals surface area contributed by atoms with Gasteiger partial charge in [0.15, 0.2) is 0 Å². The SMILES string of the molecule is C=C(/C=C(\C)C(C)(C)F)[C@H]1CNC(=O)[C@@H]1C(N)=O. The number of hydrogen-bond donors (Lipinski definition) is 2. The molecule has 0 radical (unpaired) electrons. The lowest BCUT2D eigenvalue weighted by Gasteiger charge is -2.19. The molecule has 0 unspecified atom stereocenters. The maximum atomic E-state index is 13.7. The molecule has 2 atom stereocenters. The molecule has 18 heavy (non-hydrogen) atoms. The standard InChI is InChI=1S/C13H19FN2O2/c1-7(5-8(2)13(3,4)14)9-6-16-12(18)10(9)11(15)17/h5,9-10H,1,6H2,2-4H3,(H2,15,17)(H,16,18)/b8-5+/t9-,10+/m1/s1. The Morgan fingerprint density at radius 1 is 1.61 bits per heavy atom. The van der Waals surface area contributed by atoms with Crippen molar-refractivity contribution in [3.05, 3.63) is 23.8 Å². The molecule has 0 aromatic rings. The molecule has 5 heteroatoms. The number of nitrogens with one attached hydrogen (secondary N) is 1. The van der Waals surface area contributed by atoms with Crippen LogP contribution in [0.15, 0.2) is 23.8 Å². The molecule has 0 saturated carbocycles. The summed E-state index contributed by atoms with van der Waals surface area (Å²) in [6, 6.07) is 0. The second-order valence-corrected chi connectivity index (χ2v) is 5.11. The predicted octanol–water partition coefficient (Wildman–Crippen LogP) is 1.08. The zero-order valence-electron chi connectivity index (χ0n) is 10.9. The van der Waals surface area contributed by atoms with Gasteiger partial charge in [-0.05, 0) is 31.9 Å². The van der Waals surface area contributed by atoms with Gasteiger partial charge in [-0.1, -0.05) is 12.7 Å². The number of nitrogens with two attached hydrogens (primary N) is 1. The van der Waals surface area contributed by atoms with Crippen molar-refractivity contribution in [3.63, 3.8) is 0 Å². The minimum absolute atomic E-state index is 0.307. The van der Waals surface area contributed by atoms with Crippen molar-refractivity contribution < 1.29 is 14.0 Å². The minimum Gasteiger partial charge on any atom is -0.369 e. The van der Waals surface area contributed by atoms with Crippen molar-refractivity contribution in [2.75, 3.05) is 6.54 Å². The molecular formula is C13H19FN2O2. The molecule has 3 N–H and O–H groups in total. The second-order valence-electron chi connectivity index (χ2n) is 5.11. The summed E-state index contributed by atoms with van der Waals surface area (Å²) in [6.45, 7) is 8.65. The summed E-state index contributed by atoms with van der Waals surface area (Å²) in [4.78, 5) is 22.7. The monoisotopic (exact) mass is 254 g/mol. The lowest BCUT2D eigenvalue weighted by molar-refractivity contribution is -0.131. The van der Waals surface area contributed by atoms with E-state index in [1.165, 1.54) is 13.8 Å². The third kappa shape index (κ3) is 2.97. The van der Waals surface area contributed by atoms with Crippen LogP contribution in [-0.2, 0) is 9.59 Å². The van der Waals surface area contributed by atoms with Gasteiger partial charge in [0.05, 0.1) is 0 Å². The van der Waals surface area contributed by atoms with Crippen LogP contribution in [0.1, 0.15) is 20.8 Å². The molecule has 0 aromatic carbocycles. The largest absolute Gasteiger partial charge is 0.369 e. The molecule has 0 spiro atoms. The number of halogens is 1. The van der Waals surface area contributed by atoms with Crippen LogP contribution in [0, 0.1) is 11.8 Å². The van der Waals surface area contributed by atoms with Crippen molar-refractivity contribution in [1.29, 1.82) is 0 Å². The first kappa shape index (κ1) is 14.4. The summed E-state index contributed by atoms with van der Waals surface area (Å²) in [5.41, 5.74) is 4.78. The van der Waals surface area contributed by atoms with E-state index in [1.54, 1.807) is 13.0 Å². The van der Waals surface area contributed by atoms with E-state index < -0.39 is 23.4 Å². The van der Waals surface area contributed by atoms with E-state index in [0.717, 1.165) is 0 Å². The molecule has 0 bridgehead atoms. The lowest BCUT2D eigenvalue weighted by Crippen LogP contribution is -2.33. The topological polar surface area (TPSA) is 72.2 Å². The van der Waals surface area contributed by atoms with Crippen molar-refractivity contribution in [2.45, 2.75) is 26.4 Å². The van der Waals surface area contributed by atoms with E-state index >= 15 is 0 Å². The Kier molecular flexibility index (Phi) is 3.94. The number of carbonyl (C=O) groups excluding carboxylic acids is 2. The molecular weight excluding hydrogens is 235 g/mol. The van der Waals surface area contributed by atoms with Gasteiger partial charge in [-0.15, -0.1) is 0 Å². The van der Waals surface area contributed by atoms with Gasteiger partial charge in [-0.2, -0.15) is 0 Å². The Morgan fingerprint density at radius 2 is 2.17 bits per heavy atom. The van der Waals surface area contributed by atoms with Gasteiger partial charge in [-0.3, -0.25) is 9.59 Å². The first-order valence-electron chi connectivity index (χ1n) is 5.78. The molecule has 0 aromatic heterocycles. The number of hydrogen-bond acceptors (Lipinski definition) is 2. The minimum atomic E-state index is -1.46. The molecule has 4 nitrogen and oxygen atoms in total. The van der Waals surface area contributed by atoms with Gasteiger partial charge in [0.2, 0.25) is 11.8 Å². The van der Waals surface area contributed by atoms with E-state index in [-0.39, 0.29) is 5.91 Å². The fourth-order valence-electron chi connectivity index (χ4n) is 1.85. The highest BCUT2D eigenvalue weighted by Crippen LogP contribution is 2.28. The Hall–Kier alpha value is -1.65. The van der Waals surface area contributed by atoms with E-state index in [2.05, 4.69) is 11.9 Å². The number of amides is 2. The molecule has 1 rings (SSSR count). The van der Waals surface area contributed by atoms with Crippen molar-refractivity contribution in [3.8, 4) is 0 Å². The molecule has 1 fully saturated rings. The molecule has 1 aliphatic rings. The summed E-state index contributed by atoms with van der Waals surface area (Å²) >= 11 is 0. The number of rotatable bonds is 4. The average molecular weight is 254 g/mol. The zero-order chi connectivity index (χ0) is 14.1. The number of carbonyl (C=O) groups is 2. The van der Waals surface area contributed by atoms with Crippen molar-refractivity contribution in [1.82, 2.24) is 5.32 Å². The third-order valence-electron chi connectivity index (χ3n) is 3.30. The van der Waals surface area contributed by atoms with E-state index in [9.17, 15) is 14.0 Å². The van der Waals surface area contributed by atoms with Crippen molar-refractivity contribution in [2.24, 2.45) is 17.6 Å². The van der Waals surface area contributed by atoms with E-state index in [1.807, 2.05) is 0 Å². The first-order chi connectivity index (χ1) is 8.14. The Labute approximate surface area is 106 Å². The number of alkyl halides is 1. The van der Waals surface area contributed by atoms with E-state index in [0.29, 0.717) is 17.7 Å². The first-order valence-corrected chi connectivity index (χ1v) is 5.78. The molecule has 1 heterocycles. The summed E-state index contributed by atoms with van der Waals surface area (Å²) in [5.74, 6) is -2.38. The fraction of sp³-hybridized carbons (Fsp3) is 0.538. The second kappa shape index (κ2) is 4.92. The Balaban J connectivity index is 2.92. The van der Waals surface area contributed by atoms with Gasteiger partial charge < -0.3 is 11.1 Å². The van der Waals surface area contributed by atoms with Crippen LogP contribution in [0.3, 0.4) is 0 Å². The average Bonchev–Trinajstić information content (AvgIpc) is 2.58. The molecule has 0 aliphatic carbocycles. The molecule has 1 saturated heterocycles. The normalized spacial score (nSPS) is 24.9. The highest BCUT2D eigenvalue weighted by atomic mass is 19.1. The molecule has 1 aliphatic heterocycles. The van der Waals surface area contributed by atoms with Crippen LogP contribution in [0.5, 0.6) is 0 Å². The summed E-state index contributed by atoms with van der Waals surface area (Å²) in [5, 5.41) is 2.57. The van der Waals surface area contributed by atoms with Gasteiger partial charge in [0, 0.05) is 12.5 Å². The molecule has 2 amide bonds. The summed E-state index contributed by atoms with van der Waals surface area (Å²) < 4.78 is 13.7. The molecule has 100 valence electrons. The van der Waals surface area contributed by atoms with Gasteiger partial charge in [-0.25, -0.2) is 4.39 Å². The summed E-state index contributed by atoms with van der Waals surface area (Å²) in [7, 11) is 0. The Morgan fingerprint density at radius 3 is 2.61 bits per heavy atom. The van der Waals surface area contributed by atoms with Crippen LogP contribution < -0.4 is 11.1 Å².